The van der Waals surface area contributed by atoms with Crippen LogP contribution in [0, 0.1) is 0 Å². The summed E-state index contributed by atoms with van der Waals surface area (Å²) in [5.41, 5.74) is 0. The molecular weight excluding hydrogens is 255 g/mol. The molecule has 5 heteroatoms. The molecule has 0 aliphatic rings. The number of pyridine rings is 1. The number of hydrogen-bond donors (Lipinski definition) is 2. The van der Waals surface area contributed by atoms with Gasteiger partial charge >= 0.3 is 0 Å². The van der Waals surface area contributed by atoms with E-state index in [1.807, 2.05) is 0 Å². The normalized spacial score (nSPS) is 12.6. The molecule has 3 nitrogen and oxygen atoms in total. The smallest absolute Gasteiger partial charge is 0.140 e. The van der Waals surface area contributed by atoms with E-state index in [1.165, 1.54) is 0 Å². The summed E-state index contributed by atoms with van der Waals surface area (Å²) in [5.74, 6) is 0.685. The molecule has 0 aromatic carbocycles. The second-order valence-corrected chi connectivity index (χ2v) is 4.00. The maximum absolute atomic E-state index is 9.03. The Balaban J connectivity index is 2.67. The van der Waals surface area contributed by atoms with E-state index in [-0.39, 0.29) is 0 Å². The van der Waals surface area contributed by atoms with Gasteiger partial charge in [0.25, 0.3) is 0 Å². The van der Waals surface area contributed by atoms with Crippen molar-refractivity contribution in [1.29, 1.82) is 0 Å². The molecule has 1 atom stereocenters. The van der Waals surface area contributed by atoms with Crippen molar-refractivity contribution in [3.05, 3.63) is 21.8 Å². The summed E-state index contributed by atoms with van der Waals surface area (Å²) >= 11 is 9.02. The van der Waals surface area contributed by atoms with Crippen molar-refractivity contribution in [1.82, 2.24) is 4.98 Å². The van der Waals surface area contributed by atoms with E-state index in [9.17, 15) is 0 Å². The van der Waals surface area contributed by atoms with E-state index in [1.54, 1.807) is 19.2 Å². The molecule has 0 bridgehead atoms. The van der Waals surface area contributed by atoms with E-state index >= 15 is 0 Å². The Kier molecular flexibility index (Phi) is 3.96. The van der Waals surface area contributed by atoms with E-state index in [4.69, 9.17) is 16.7 Å². The SMILES string of the molecule is CC(O)CNc1ncc(Cl)cc1Br. The second-order valence-electron chi connectivity index (χ2n) is 2.71. The van der Waals surface area contributed by atoms with Crippen LogP contribution in [0.2, 0.25) is 5.02 Å². The summed E-state index contributed by atoms with van der Waals surface area (Å²) < 4.78 is 0.792. The molecule has 0 amide bonds. The van der Waals surface area contributed by atoms with Gasteiger partial charge in [0.05, 0.1) is 15.6 Å². The molecule has 72 valence electrons. The van der Waals surface area contributed by atoms with E-state index in [0.29, 0.717) is 17.4 Å². The lowest BCUT2D eigenvalue weighted by Gasteiger charge is -2.08. The van der Waals surface area contributed by atoms with Gasteiger partial charge in [-0.05, 0) is 28.9 Å². The van der Waals surface area contributed by atoms with E-state index < -0.39 is 6.10 Å². The standard InChI is InChI=1S/C8H10BrClN2O/c1-5(13)3-11-8-7(9)2-6(10)4-12-8/h2,4-5,13H,3H2,1H3,(H,11,12). The Morgan fingerprint density at radius 2 is 2.46 bits per heavy atom. The highest BCUT2D eigenvalue weighted by atomic mass is 79.9. The fourth-order valence-corrected chi connectivity index (χ4v) is 1.57. The molecule has 0 radical (unpaired) electrons. The Labute approximate surface area is 90.3 Å². The van der Waals surface area contributed by atoms with Gasteiger partial charge in [0, 0.05) is 12.7 Å². The first-order valence-corrected chi connectivity index (χ1v) is 4.99. The van der Waals surface area contributed by atoms with Crippen molar-refractivity contribution in [2.24, 2.45) is 0 Å². The molecule has 1 unspecified atom stereocenters. The van der Waals surface area contributed by atoms with Crippen molar-refractivity contribution in [2.75, 3.05) is 11.9 Å². The number of nitrogens with one attached hydrogen (secondary N) is 1. The fourth-order valence-electron chi connectivity index (χ4n) is 0.789. The number of aliphatic hydroxyl groups is 1. The van der Waals surface area contributed by atoms with Gasteiger partial charge < -0.3 is 10.4 Å². The van der Waals surface area contributed by atoms with Crippen molar-refractivity contribution in [2.45, 2.75) is 13.0 Å². The van der Waals surface area contributed by atoms with Crippen molar-refractivity contribution >= 4 is 33.3 Å². The van der Waals surface area contributed by atoms with Crippen LogP contribution in [0.3, 0.4) is 0 Å². The number of nitrogens with zero attached hydrogens (tertiary/aromatic N) is 1. The molecule has 0 aliphatic heterocycles. The van der Waals surface area contributed by atoms with Gasteiger partial charge in [-0.1, -0.05) is 11.6 Å². The highest BCUT2D eigenvalue weighted by molar-refractivity contribution is 9.10. The monoisotopic (exact) mass is 264 g/mol. The number of aromatic nitrogens is 1. The molecule has 0 saturated carbocycles. The first-order valence-electron chi connectivity index (χ1n) is 3.82. The third kappa shape index (κ3) is 3.50. The highest BCUT2D eigenvalue weighted by Crippen LogP contribution is 2.22. The van der Waals surface area contributed by atoms with Gasteiger partial charge in [0.2, 0.25) is 0 Å². The molecular formula is C8H10BrClN2O. The summed E-state index contributed by atoms with van der Waals surface area (Å²) in [6, 6.07) is 1.75. The average molecular weight is 266 g/mol. The van der Waals surface area contributed by atoms with Gasteiger partial charge in [0.1, 0.15) is 5.82 Å². The van der Waals surface area contributed by atoms with Crippen LogP contribution in [0.1, 0.15) is 6.92 Å². The Bertz CT molecular complexity index is 293. The van der Waals surface area contributed by atoms with Crippen LogP contribution < -0.4 is 5.32 Å². The zero-order valence-electron chi connectivity index (χ0n) is 7.09. The van der Waals surface area contributed by atoms with Crippen LogP contribution in [-0.4, -0.2) is 22.7 Å². The van der Waals surface area contributed by atoms with E-state index in [2.05, 4.69) is 26.2 Å². The minimum Gasteiger partial charge on any atom is -0.392 e. The largest absolute Gasteiger partial charge is 0.392 e. The topological polar surface area (TPSA) is 45.1 Å². The lowest BCUT2D eigenvalue weighted by atomic mass is 10.4. The average Bonchev–Trinajstić information content (AvgIpc) is 2.02. The first kappa shape index (κ1) is 10.8. The van der Waals surface area contributed by atoms with Gasteiger partial charge in [-0.3, -0.25) is 0 Å². The minimum atomic E-state index is -0.399. The molecule has 2 N–H and O–H groups in total. The zero-order chi connectivity index (χ0) is 9.84. The van der Waals surface area contributed by atoms with Crippen LogP contribution >= 0.6 is 27.5 Å². The Morgan fingerprint density at radius 3 is 3.00 bits per heavy atom. The predicted molar refractivity (Wildman–Crippen MR) is 57.1 cm³/mol. The van der Waals surface area contributed by atoms with Gasteiger partial charge in [-0.2, -0.15) is 0 Å². The summed E-state index contributed by atoms with van der Waals surface area (Å²) in [7, 11) is 0. The number of anilines is 1. The first-order chi connectivity index (χ1) is 6.09. The summed E-state index contributed by atoms with van der Waals surface area (Å²) in [6.07, 6.45) is 1.15. The summed E-state index contributed by atoms with van der Waals surface area (Å²) in [6.45, 7) is 2.17. The van der Waals surface area contributed by atoms with Crippen molar-refractivity contribution in [3.63, 3.8) is 0 Å². The van der Waals surface area contributed by atoms with Gasteiger partial charge in [-0.25, -0.2) is 4.98 Å². The van der Waals surface area contributed by atoms with Gasteiger partial charge in [0.15, 0.2) is 0 Å². The maximum atomic E-state index is 9.03. The summed E-state index contributed by atoms with van der Waals surface area (Å²) in [5, 5.41) is 12.6. The molecule has 0 saturated heterocycles. The molecule has 0 fully saturated rings. The third-order valence-electron chi connectivity index (χ3n) is 1.37. The van der Waals surface area contributed by atoms with Crippen LogP contribution in [0.25, 0.3) is 0 Å². The number of hydrogen-bond acceptors (Lipinski definition) is 3. The molecule has 1 rings (SSSR count). The predicted octanol–water partition coefficient (Wildman–Crippen LogP) is 2.29. The number of halogens is 2. The second kappa shape index (κ2) is 4.79. The van der Waals surface area contributed by atoms with Crippen LogP contribution in [-0.2, 0) is 0 Å². The Hall–Kier alpha value is -0.320. The third-order valence-corrected chi connectivity index (χ3v) is 2.18. The molecule has 1 aromatic heterocycles. The quantitative estimate of drug-likeness (QED) is 0.881. The van der Waals surface area contributed by atoms with Crippen molar-refractivity contribution < 1.29 is 5.11 Å². The van der Waals surface area contributed by atoms with Crippen LogP contribution in [0.4, 0.5) is 5.82 Å². The number of rotatable bonds is 3. The molecule has 1 heterocycles. The highest BCUT2D eigenvalue weighted by Gasteiger charge is 2.02. The van der Waals surface area contributed by atoms with Gasteiger partial charge in [-0.15, -0.1) is 0 Å². The maximum Gasteiger partial charge on any atom is 0.140 e. The molecule has 1 aromatic rings. The lowest BCUT2D eigenvalue weighted by Crippen LogP contribution is -2.16. The van der Waals surface area contributed by atoms with E-state index in [0.717, 1.165) is 4.47 Å². The fraction of sp³-hybridized carbons (Fsp3) is 0.375. The zero-order valence-corrected chi connectivity index (χ0v) is 9.43. The minimum absolute atomic E-state index is 0.399. The Morgan fingerprint density at radius 1 is 1.77 bits per heavy atom. The van der Waals surface area contributed by atoms with Crippen LogP contribution in [0.5, 0.6) is 0 Å². The van der Waals surface area contributed by atoms with Crippen molar-refractivity contribution in [3.8, 4) is 0 Å². The van der Waals surface area contributed by atoms with Crippen LogP contribution in [0.15, 0.2) is 16.7 Å². The number of aliphatic hydroxyl groups excluding tert-OH is 1. The lowest BCUT2D eigenvalue weighted by molar-refractivity contribution is 0.208. The molecule has 0 spiro atoms. The molecule has 0 aliphatic carbocycles. The summed E-state index contributed by atoms with van der Waals surface area (Å²) in [4.78, 5) is 4.05. The molecule has 13 heavy (non-hydrogen) atoms.